The molecule has 2 rings (SSSR count). The van der Waals surface area contributed by atoms with Gasteiger partial charge in [-0.05, 0) is 12.8 Å². The molecule has 0 radical (unpaired) electrons. The van der Waals surface area contributed by atoms with Crippen molar-refractivity contribution < 1.29 is 4.74 Å². The minimum absolute atomic E-state index is 0.318. The summed E-state index contributed by atoms with van der Waals surface area (Å²) in [6, 6.07) is 0. The van der Waals surface area contributed by atoms with Crippen molar-refractivity contribution in [3.8, 4) is 0 Å². The number of aromatic nitrogens is 2. The number of nitrogen functional groups attached to an aromatic ring is 1. The number of ether oxygens (including phenoxy) is 1. The van der Waals surface area contributed by atoms with Crippen LogP contribution >= 0.6 is 0 Å². The van der Waals surface area contributed by atoms with Crippen LogP contribution in [0.25, 0.3) is 0 Å². The number of nitrogens with zero attached hydrogens (tertiary/aromatic N) is 3. The Morgan fingerprint density at radius 1 is 1.60 bits per heavy atom. The van der Waals surface area contributed by atoms with Gasteiger partial charge in [-0.1, -0.05) is 0 Å². The van der Waals surface area contributed by atoms with E-state index in [0.29, 0.717) is 11.9 Å². The fraction of sp³-hybridized carbons (Fsp3) is 0.600. The molecular weight excluding hydrogens is 192 g/mol. The summed E-state index contributed by atoms with van der Waals surface area (Å²) in [7, 11) is 1.98. The smallest absolute Gasteiger partial charge is 0.149 e. The van der Waals surface area contributed by atoms with Gasteiger partial charge in [-0.3, -0.25) is 4.98 Å². The molecule has 0 aromatic carbocycles. The standard InChI is InChI=1S/C10H16N4O/c1-14(7-8-3-2-4-15-8)10-6-12-5-9(11)13-10/h5-6,8H,2-4,7H2,1H3,(H2,11,13). The normalized spacial score (nSPS) is 20.5. The second-order valence-corrected chi connectivity index (χ2v) is 3.82. The molecule has 0 spiro atoms. The fourth-order valence-corrected chi connectivity index (χ4v) is 1.74. The fourth-order valence-electron chi connectivity index (χ4n) is 1.74. The minimum atomic E-state index is 0.318. The van der Waals surface area contributed by atoms with Crippen molar-refractivity contribution in [2.45, 2.75) is 18.9 Å². The molecule has 5 heteroatoms. The van der Waals surface area contributed by atoms with Crippen LogP contribution < -0.4 is 10.6 Å². The monoisotopic (exact) mass is 208 g/mol. The Morgan fingerprint density at radius 3 is 3.13 bits per heavy atom. The van der Waals surface area contributed by atoms with E-state index in [2.05, 4.69) is 9.97 Å². The Morgan fingerprint density at radius 2 is 2.47 bits per heavy atom. The van der Waals surface area contributed by atoms with Crippen molar-refractivity contribution in [1.29, 1.82) is 0 Å². The first-order chi connectivity index (χ1) is 7.25. The molecule has 1 aliphatic rings. The molecule has 1 saturated heterocycles. The van der Waals surface area contributed by atoms with Gasteiger partial charge in [0.1, 0.15) is 11.6 Å². The van der Waals surface area contributed by atoms with Crippen LogP contribution in [0.3, 0.4) is 0 Å². The predicted octanol–water partition coefficient (Wildman–Crippen LogP) is 0.674. The highest BCUT2D eigenvalue weighted by atomic mass is 16.5. The molecule has 0 bridgehead atoms. The lowest BCUT2D eigenvalue weighted by molar-refractivity contribution is 0.116. The summed E-state index contributed by atoms with van der Waals surface area (Å²) in [5.41, 5.74) is 5.57. The maximum Gasteiger partial charge on any atom is 0.149 e. The van der Waals surface area contributed by atoms with E-state index in [-0.39, 0.29) is 0 Å². The van der Waals surface area contributed by atoms with Gasteiger partial charge in [0.2, 0.25) is 0 Å². The van der Waals surface area contributed by atoms with Gasteiger partial charge in [-0.25, -0.2) is 4.98 Å². The molecule has 2 N–H and O–H groups in total. The van der Waals surface area contributed by atoms with Crippen molar-refractivity contribution in [3.63, 3.8) is 0 Å². The number of nitrogens with two attached hydrogens (primary N) is 1. The van der Waals surface area contributed by atoms with Gasteiger partial charge < -0.3 is 15.4 Å². The lowest BCUT2D eigenvalue weighted by Crippen LogP contribution is -2.29. The van der Waals surface area contributed by atoms with Crippen molar-refractivity contribution in [2.75, 3.05) is 30.8 Å². The Kier molecular flexibility index (Phi) is 3.01. The predicted molar refractivity (Wildman–Crippen MR) is 58.7 cm³/mol. The SMILES string of the molecule is CN(CC1CCCO1)c1cncc(N)n1. The molecule has 2 heterocycles. The second-order valence-electron chi connectivity index (χ2n) is 3.82. The Hall–Kier alpha value is -1.36. The first-order valence-electron chi connectivity index (χ1n) is 5.16. The van der Waals surface area contributed by atoms with Crippen LogP contribution in [0.5, 0.6) is 0 Å². The average Bonchev–Trinajstić information content (AvgIpc) is 2.70. The summed E-state index contributed by atoms with van der Waals surface area (Å²) in [6.07, 6.45) is 5.86. The molecule has 0 amide bonds. The van der Waals surface area contributed by atoms with Gasteiger partial charge in [-0.15, -0.1) is 0 Å². The first kappa shape index (κ1) is 10.2. The van der Waals surface area contributed by atoms with Crippen molar-refractivity contribution in [1.82, 2.24) is 9.97 Å². The molecule has 1 aromatic rings. The lowest BCUT2D eigenvalue weighted by atomic mass is 10.2. The number of likely N-dealkylation sites (N-methyl/N-ethyl adjacent to an activating group) is 1. The van der Waals surface area contributed by atoms with Gasteiger partial charge in [0.15, 0.2) is 0 Å². The molecule has 0 aliphatic carbocycles. The molecule has 1 aromatic heterocycles. The largest absolute Gasteiger partial charge is 0.382 e. The quantitative estimate of drug-likeness (QED) is 0.791. The number of hydrogen-bond donors (Lipinski definition) is 1. The molecule has 1 unspecified atom stereocenters. The maximum atomic E-state index is 5.57. The summed E-state index contributed by atoms with van der Waals surface area (Å²) in [6.45, 7) is 1.72. The first-order valence-corrected chi connectivity index (χ1v) is 5.16. The molecule has 0 saturated carbocycles. The Labute approximate surface area is 89.3 Å². The highest BCUT2D eigenvalue weighted by molar-refractivity contribution is 5.40. The average molecular weight is 208 g/mol. The topological polar surface area (TPSA) is 64.3 Å². The molecule has 82 valence electrons. The zero-order chi connectivity index (χ0) is 10.7. The molecular formula is C10H16N4O. The molecule has 5 nitrogen and oxygen atoms in total. The molecule has 1 aliphatic heterocycles. The summed E-state index contributed by atoms with van der Waals surface area (Å²) >= 11 is 0. The van der Waals surface area contributed by atoms with Crippen LogP contribution in [0.4, 0.5) is 11.6 Å². The van der Waals surface area contributed by atoms with Crippen LogP contribution in [0, 0.1) is 0 Å². The summed E-state index contributed by atoms with van der Waals surface area (Å²) in [5, 5.41) is 0. The van der Waals surface area contributed by atoms with Crippen molar-refractivity contribution in [3.05, 3.63) is 12.4 Å². The third-order valence-corrected chi connectivity index (χ3v) is 2.53. The zero-order valence-electron chi connectivity index (χ0n) is 8.89. The molecule has 1 fully saturated rings. The summed E-state index contributed by atoms with van der Waals surface area (Å²) in [5.74, 6) is 1.25. The minimum Gasteiger partial charge on any atom is -0.382 e. The molecule has 15 heavy (non-hydrogen) atoms. The Bertz CT molecular complexity index is 325. The van der Waals surface area contributed by atoms with Gasteiger partial charge in [0, 0.05) is 20.2 Å². The second kappa shape index (κ2) is 4.44. The van der Waals surface area contributed by atoms with E-state index in [1.807, 2.05) is 11.9 Å². The van der Waals surface area contributed by atoms with E-state index < -0.39 is 0 Å². The third-order valence-electron chi connectivity index (χ3n) is 2.53. The van der Waals surface area contributed by atoms with Crippen LogP contribution in [-0.4, -0.2) is 36.3 Å². The maximum absolute atomic E-state index is 5.57. The Balaban J connectivity index is 1.97. The van der Waals surface area contributed by atoms with Gasteiger partial charge >= 0.3 is 0 Å². The number of anilines is 2. The van der Waals surface area contributed by atoms with E-state index in [0.717, 1.165) is 31.8 Å². The van der Waals surface area contributed by atoms with E-state index in [1.165, 1.54) is 0 Å². The van der Waals surface area contributed by atoms with E-state index in [1.54, 1.807) is 12.4 Å². The summed E-state index contributed by atoms with van der Waals surface area (Å²) in [4.78, 5) is 10.2. The number of hydrogen-bond acceptors (Lipinski definition) is 5. The third kappa shape index (κ3) is 2.56. The zero-order valence-corrected chi connectivity index (χ0v) is 8.89. The van der Waals surface area contributed by atoms with Gasteiger partial charge in [0.05, 0.1) is 18.5 Å². The van der Waals surface area contributed by atoms with Crippen LogP contribution in [-0.2, 0) is 4.74 Å². The van der Waals surface area contributed by atoms with Crippen LogP contribution in [0.2, 0.25) is 0 Å². The van der Waals surface area contributed by atoms with E-state index in [4.69, 9.17) is 10.5 Å². The van der Waals surface area contributed by atoms with E-state index in [9.17, 15) is 0 Å². The van der Waals surface area contributed by atoms with Crippen LogP contribution in [0.1, 0.15) is 12.8 Å². The highest BCUT2D eigenvalue weighted by Crippen LogP contribution is 2.16. The lowest BCUT2D eigenvalue weighted by Gasteiger charge is -2.21. The number of rotatable bonds is 3. The molecule has 1 atom stereocenters. The van der Waals surface area contributed by atoms with Crippen molar-refractivity contribution in [2.24, 2.45) is 0 Å². The highest BCUT2D eigenvalue weighted by Gasteiger charge is 2.18. The summed E-state index contributed by atoms with van der Waals surface area (Å²) < 4.78 is 5.55. The van der Waals surface area contributed by atoms with E-state index >= 15 is 0 Å². The van der Waals surface area contributed by atoms with Crippen molar-refractivity contribution >= 4 is 11.6 Å². The van der Waals surface area contributed by atoms with Gasteiger partial charge in [0.25, 0.3) is 0 Å². The van der Waals surface area contributed by atoms with Gasteiger partial charge in [-0.2, -0.15) is 0 Å². The van der Waals surface area contributed by atoms with Crippen LogP contribution in [0.15, 0.2) is 12.4 Å².